The lowest BCUT2D eigenvalue weighted by molar-refractivity contribution is -0.132. The minimum atomic E-state index is -1.03. The molecule has 0 atom stereocenters. The van der Waals surface area contributed by atoms with Crippen molar-refractivity contribution in [3.05, 3.63) is 35.4 Å². The molecule has 0 saturated heterocycles. The van der Waals surface area contributed by atoms with Crippen molar-refractivity contribution in [3.8, 4) is 0 Å². The number of hydrogen-bond donors (Lipinski definition) is 2. The number of aliphatic hydroxyl groups is 1. The Kier molecular flexibility index (Phi) is 6.18. The third-order valence-corrected chi connectivity index (χ3v) is 3.09. The molecule has 5 nitrogen and oxygen atoms in total. The average Bonchev–Trinajstić information content (AvgIpc) is 2.39. The topological polar surface area (TPSA) is 77.8 Å². The Labute approximate surface area is 118 Å². The van der Waals surface area contributed by atoms with E-state index in [2.05, 4.69) is 0 Å². The van der Waals surface area contributed by atoms with Gasteiger partial charge in [0.2, 0.25) is 5.91 Å². The molecule has 0 radical (unpaired) electrons. The van der Waals surface area contributed by atoms with Crippen LogP contribution < -0.4 is 0 Å². The molecule has 1 aromatic rings. The molecule has 110 valence electrons. The molecule has 20 heavy (non-hydrogen) atoms. The highest BCUT2D eigenvalue weighted by atomic mass is 16.4. The molecule has 1 aromatic carbocycles. The molecule has 0 heterocycles. The zero-order valence-corrected chi connectivity index (χ0v) is 11.9. The highest BCUT2D eigenvalue weighted by molar-refractivity contribution is 5.91. The number of carbonyl (C=O) groups is 2. The van der Waals surface area contributed by atoms with Crippen molar-refractivity contribution in [2.24, 2.45) is 0 Å². The number of carbonyl (C=O) groups excluding carboxylic acids is 1. The molecule has 1 rings (SSSR count). The molecule has 0 fully saturated rings. The molecular weight excluding hydrogens is 258 g/mol. The van der Waals surface area contributed by atoms with E-state index in [1.165, 1.54) is 6.07 Å². The number of aliphatic hydroxyl groups excluding tert-OH is 1. The lowest BCUT2D eigenvalue weighted by Crippen LogP contribution is -2.39. The molecule has 0 unspecified atom stereocenters. The lowest BCUT2D eigenvalue weighted by atomic mass is 10.0. The van der Waals surface area contributed by atoms with Gasteiger partial charge in [-0.05, 0) is 31.9 Å². The number of rotatable bonds is 7. The predicted molar refractivity (Wildman–Crippen MR) is 75.7 cm³/mol. The fraction of sp³-hybridized carbons (Fsp3) is 0.467. The normalized spacial score (nSPS) is 10.6. The van der Waals surface area contributed by atoms with Crippen molar-refractivity contribution in [2.75, 3.05) is 13.2 Å². The predicted octanol–water partition coefficient (Wildman–Crippen LogP) is 1.55. The second-order valence-corrected chi connectivity index (χ2v) is 4.90. The fourth-order valence-electron chi connectivity index (χ4n) is 2.06. The van der Waals surface area contributed by atoms with E-state index in [0.29, 0.717) is 18.5 Å². The minimum Gasteiger partial charge on any atom is -0.478 e. The van der Waals surface area contributed by atoms with Crippen molar-refractivity contribution < 1.29 is 19.8 Å². The monoisotopic (exact) mass is 279 g/mol. The van der Waals surface area contributed by atoms with Gasteiger partial charge in [0, 0.05) is 19.2 Å². The van der Waals surface area contributed by atoms with Crippen LogP contribution in [0.1, 0.15) is 36.2 Å². The SMILES string of the molecule is CC(C)N(CCCO)C(=O)Cc1ccccc1C(=O)O. The molecule has 2 N–H and O–H groups in total. The summed E-state index contributed by atoms with van der Waals surface area (Å²) in [7, 11) is 0. The van der Waals surface area contributed by atoms with Gasteiger partial charge in [-0.1, -0.05) is 18.2 Å². The van der Waals surface area contributed by atoms with E-state index < -0.39 is 5.97 Å². The zero-order valence-electron chi connectivity index (χ0n) is 11.9. The van der Waals surface area contributed by atoms with E-state index in [0.717, 1.165) is 0 Å². The van der Waals surface area contributed by atoms with Crippen LogP contribution in [-0.4, -0.2) is 46.2 Å². The first-order chi connectivity index (χ1) is 9.47. The molecular formula is C15H21NO4. The summed E-state index contributed by atoms with van der Waals surface area (Å²) in [4.78, 5) is 25.1. The summed E-state index contributed by atoms with van der Waals surface area (Å²) in [5, 5.41) is 18.0. The van der Waals surface area contributed by atoms with E-state index in [-0.39, 0.29) is 30.5 Å². The first-order valence-corrected chi connectivity index (χ1v) is 6.69. The first-order valence-electron chi connectivity index (χ1n) is 6.69. The van der Waals surface area contributed by atoms with Gasteiger partial charge in [0.15, 0.2) is 0 Å². The van der Waals surface area contributed by atoms with Gasteiger partial charge in [0.25, 0.3) is 0 Å². The molecule has 0 aliphatic carbocycles. The van der Waals surface area contributed by atoms with Crippen LogP contribution in [-0.2, 0) is 11.2 Å². The number of hydrogen-bond acceptors (Lipinski definition) is 3. The summed E-state index contributed by atoms with van der Waals surface area (Å²) < 4.78 is 0. The van der Waals surface area contributed by atoms with Crippen LogP contribution in [0.2, 0.25) is 0 Å². The third-order valence-electron chi connectivity index (χ3n) is 3.09. The molecule has 0 aliphatic rings. The fourth-order valence-corrected chi connectivity index (χ4v) is 2.06. The number of benzene rings is 1. The van der Waals surface area contributed by atoms with Gasteiger partial charge in [0.1, 0.15) is 0 Å². The minimum absolute atomic E-state index is 0.0195. The molecule has 5 heteroatoms. The van der Waals surface area contributed by atoms with Gasteiger partial charge in [-0.2, -0.15) is 0 Å². The van der Waals surface area contributed by atoms with Gasteiger partial charge in [0.05, 0.1) is 12.0 Å². The molecule has 0 saturated carbocycles. The second-order valence-electron chi connectivity index (χ2n) is 4.90. The van der Waals surface area contributed by atoms with Crippen LogP contribution in [0, 0.1) is 0 Å². The van der Waals surface area contributed by atoms with E-state index in [1.807, 2.05) is 13.8 Å². The van der Waals surface area contributed by atoms with Crippen molar-refractivity contribution >= 4 is 11.9 Å². The van der Waals surface area contributed by atoms with Crippen molar-refractivity contribution in [1.82, 2.24) is 4.90 Å². The second kappa shape index (κ2) is 7.65. The maximum Gasteiger partial charge on any atom is 0.335 e. The van der Waals surface area contributed by atoms with Crippen molar-refractivity contribution in [2.45, 2.75) is 32.7 Å². The summed E-state index contributed by atoms with van der Waals surface area (Å²) >= 11 is 0. The van der Waals surface area contributed by atoms with Crippen LogP contribution in [0.4, 0.5) is 0 Å². The number of carboxylic acid groups (broad SMARTS) is 1. The largest absolute Gasteiger partial charge is 0.478 e. The highest BCUT2D eigenvalue weighted by Crippen LogP contribution is 2.12. The van der Waals surface area contributed by atoms with Crippen molar-refractivity contribution in [1.29, 1.82) is 0 Å². The lowest BCUT2D eigenvalue weighted by Gasteiger charge is -2.27. The summed E-state index contributed by atoms with van der Waals surface area (Å²) in [6.45, 7) is 4.31. The number of aromatic carboxylic acids is 1. The van der Waals surface area contributed by atoms with E-state index in [4.69, 9.17) is 10.2 Å². The van der Waals surface area contributed by atoms with Crippen LogP contribution in [0.3, 0.4) is 0 Å². The van der Waals surface area contributed by atoms with Crippen LogP contribution in [0.15, 0.2) is 24.3 Å². The van der Waals surface area contributed by atoms with Gasteiger partial charge in [-0.25, -0.2) is 4.79 Å². The highest BCUT2D eigenvalue weighted by Gasteiger charge is 2.19. The Bertz CT molecular complexity index is 471. The molecule has 0 aliphatic heterocycles. The molecule has 0 bridgehead atoms. The van der Waals surface area contributed by atoms with E-state index in [1.54, 1.807) is 23.1 Å². The number of carboxylic acids is 1. The summed E-state index contributed by atoms with van der Waals surface area (Å²) in [5.74, 6) is -1.15. The Morgan fingerprint density at radius 3 is 2.45 bits per heavy atom. The van der Waals surface area contributed by atoms with Crippen LogP contribution in [0.5, 0.6) is 0 Å². The molecule has 0 spiro atoms. The maximum atomic E-state index is 12.3. The zero-order chi connectivity index (χ0) is 15.1. The third kappa shape index (κ3) is 4.35. The quantitative estimate of drug-likeness (QED) is 0.793. The van der Waals surface area contributed by atoms with E-state index >= 15 is 0 Å². The Hall–Kier alpha value is -1.88. The maximum absolute atomic E-state index is 12.3. The molecule has 1 amide bonds. The van der Waals surface area contributed by atoms with Gasteiger partial charge < -0.3 is 15.1 Å². The number of nitrogens with zero attached hydrogens (tertiary/aromatic N) is 1. The van der Waals surface area contributed by atoms with Gasteiger partial charge in [-0.3, -0.25) is 4.79 Å². The van der Waals surface area contributed by atoms with Crippen molar-refractivity contribution in [3.63, 3.8) is 0 Å². The Morgan fingerprint density at radius 1 is 1.25 bits per heavy atom. The smallest absolute Gasteiger partial charge is 0.335 e. The van der Waals surface area contributed by atoms with Gasteiger partial charge >= 0.3 is 5.97 Å². The van der Waals surface area contributed by atoms with Crippen LogP contribution >= 0.6 is 0 Å². The van der Waals surface area contributed by atoms with Gasteiger partial charge in [-0.15, -0.1) is 0 Å². The number of amides is 1. The van der Waals surface area contributed by atoms with Crippen LogP contribution in [0.25, 0.3) is 0 Å². The summed E-state index contributed by atoms with van der Waals surface area (Å²) in [6, 6.07) is 6.54. The summed E-state index contributed by atoms with van der Waals surface area (Å²) in [6.07, 6.45) is 0.580. The van der Waals surface area contributed by atoms with E-state index in [9.17, 15) is 9.59 Å². The summed E-state index contributed by atoms with van der Waals surface area (Å²) in [5.41, 5.74) is 0.673. The average molecular weight is 279 g/mol. The first kappa shape index (κ1) is 16.2. The standard InChI is InChI=1S/C15H21NO4/c1-11(2)16(8-5-9-17)14(18)10-12-6-3-4-7-13(12)15(19)20/h3-4,6-7,11,17H,5,8-10H2,1-2H3,(H,19,20). The Morgan fingerprint density at radius 2 is 1.90 bits per heavy atom. The Balaban J connectivity index is 2.85. The molecule has 0 aromatic heterocycles.